The molecular weight excluding hydrogens is 327 g/mol. The summed E-state index contributed by atoms with van der Waals surface area (Å²) in [4.78, 5) is 3.40. The van der Waals surface area contributed by atoms with Gasteiger partial charge in [0.15, 0.2) is 0 Å². The van der Waals surface area contributed by atoms with Crippen molar-refractivity contribution >= 4 is 21.8 Å². The zero-order valence-corrected chi connectivity index (χ0v) is 15.1. The molecule has 1 aliphatic heterocycles. The van der Waals surface area contributed by atoms with Gasteiger partial charge in [0.2, 0.25) is 0 Å². The Balaban J connectivity index is 1.53. The van der Waals surface area contributed by atoms with Crippen LogP contribution in [-0.2, 0) is 0 Å². The average molecular weight is 352 g/mol. The van der Waals surface area contributed by atoms with Gasteiger partial charge in [0, 0.05) is 28.9 Å². The molecule has 3 aromatic rings. The molecule has 0 bridgehead atoms. The standard InChI is InChI=1S/C22H25FN2O/c1-2-5-15-10-11-24-13-19(15)20(23)14-26-16-8-9-18-17-6-3-4-7-21(17)25-22(18)12-16/h3-4,6-9,12,15,24-25H,2,5,10-11,13-14H2,1H3. The van der Waals surface area contributed by atoms with Crippen LogP contribution in [0.2, 0.25) is 0 Å². The molecule has 0 aliphatic carbocycles. The van der Waals surface area contributed by atoms with Gasteiger partial charge in [0.1, 0.15) is 18.2 Å². The van der Waals surface area contributed by atoms with Crippen LogP contribution in [0, 0.1) is 5.92 Å². The van der Waals surface area contributed by atoms with Crippen LogP contribution in [0.3, 0.4) is 0 Å². The Bertz CT molecular complexity index is 942. The number of nitrogens with one attached hydrogen (secondary N) is 2. The molecule has 1 aromatic heterocycles. The van der Waals surface area contributed by atoms with E-state index in [1.165, 1.54) is 5.39 Å². The molecule has 2 aromatic carbocycles. The Hall–Kier alpha value is -2.33. The van der Waals surface area contributed by atoms with E-state index < -0.39 is 0 Å². The number of halogens is 1. The van der Waals surface area contributed by atoms with Crippen LogP contribution < -0.4 is 10.1 Å². The lowest BCUT2D eigenvalue weighted by atomic mass is 9.88. The largest absolute Gasteiger partial charge is 0.486 e. The first kappa shape index (κ1) is 17.1. The number of hydrogen-bond acceptors (Lipinski definition) is 2. The van der Waals surface area contributed by atoms with Crippen LogP contribution in [0.4, 0.5) is 4.39 Å². The molecule has 1 unspecified atom stereocenters. The normalized spacial score (nSPS) is 19.8. The number of rotatable bonds is 5. The predicted molar refractivity (Wildman–Crippen MR) is 105 cm³/mol. The van der Waals surface area contributed by atoms with E-state index in [9.17, 15) is 4.39 Å². The summed E-state index contributed by atoms with van der Waals surface area (Å²) >= 11 is 0. The van der Waals surface area contributed by atoms with Gasteiger partial charge in [-0.05, 0) is 49.1 Å². The minimum atomic E-state index is -0.118. The van der Waals surface area contributed by atoms with Gasteiger partial charge in [-0.25, -0.2) is 4.39 Å². The first-order chi connectivity index (χ1) is 12.8. The fourth-order valence-electron chi connectivity index (χ4n) is 3.97. The van der Waals surface area contributed by atoms with Crippen molar-refractivity contribution in [2.75, 3.05) is 19.7 Å². The predicted octanol–water partition coefficient (Wildman–Crippen LogP) is 5.33. The highest BCUT2D eigenvalue weighted by Gasteiger charge is 2.22. The van der Waals surface area contributed by atoms with Crippen molar-refractivity contribution in [3.63, 3.8) is 0 Å². The molecule has 3 nitrogen and oxygen atoms in total. The Labute approximate surface area is 153 Å². The molecule has 2 heterocycles. The van der Waals surface area contributed by atoms with Crippen molar-refractivity contribution < 1.29 is 9.13 Å². The molecule has 0 saturated carbocycles. The van der Waals surface area contributed by atoms with Gasteiger partial charge in [-0.2, -0.15) is 0 Å². The molecule has 1 fully saturated rings. The first-order valence-corrected chi connectivity index (χ1v) is 9.47. The summed E-state index contributed by atoms with van der Waals surface area (Å²) in [5.74, 6) is 0.920. The molecular formula is C22H25FN2O. The molecule has 4 heteroatoms. The maximum Gasteiger partial charge on any atom is 0.140 e. The number of H-pyrrole nitrogens is 1. The first-order valence-electron chi connectivity index (χ1n) is 9.47. The number of aromatic amines is 1. The third kappa shape index (κ3) is 3.34. The van der Waals surface area contributed by atoms with E-state index in [0.29, 0.717) is 18.2 Å². The van der Waals surface area contributed by atoms with E-state index >= 15 is 0 Å². The van der Waals surface area contributed by atoms with Gasteiger partial charge in [0.05, 0.1) is 5.52 Å². The van der Waals surface area contributed by atoms with E-state index in [1.807, 2.05) is 30.3 Å². The second-order valence-corrected chi connectivity index (χ2v) is 7.05. The van der Waals surface area contributed by atoms with Crippen LogP contribution in [-0.4, -0.2) is 24.7 Å². The minimum absolute atomic E-state index is 0.00294. The maximum absolute atomic E-state index is 14.7. The average Bonchev–Trinajstić information content (AvgIpc) is 3.04. The molecule has 26 heavy (non-hydrogen) atoms. The third-order valence-corrected chi connectivity index (χ3v) is 5.31. The molecule has 1 atom stereocenters. The van der Waals surface area contributed by atoms with E-state index in [0.717, 1.165) is 47.8 Å². The van der Waals surface area contributed by atoms with Crippen molar-refractivity contribution in [2.24, 2.45) is 5.92 Å². The highest BCUT2D eigenvalue weighted by molar-refractivity contribution is 6.07. The molecule has 1 aliphatic rings. The van der Waals surface area contributed by atoms with Crippen molar-refractivity contribution in [1.82, 2.24) is 10.3 Å². The number of ether oxygens (including phenoxy) is 1. The van der Waals surface area contributed by atoms with Crippen molar-refractivity contribution in [2.45, 2.75) is 26.2 Å². The Kier molecular flexibility index (Phi) is 4.93. The van der Waals surface area contributed by atoms with E-state index in [2.05, 4.69) is 29.4 Å². The number of fused-ring (bicyclic) bond motifs is 3. The van der Waals surface area contributed by atoms with E-state index in [-0.39, 0.29) is 12.4 Å². The molecule has 0 radical (unpaired) electrons. The Morgan fingerprint density at radius 2 is 2.00 bits per heavy atom. The SMILES string of the molecule is CCCC1CCNCC1=C(F)COc1ccc2c(c1)[nH]c1ccccc12. The molecule has 2 N–H and O–H groups in total. The van der Waals surface area contributed by atoms with Crippen LogP contribution in [0.25, 0.3) is 21.8 Å². The van der Waals surface area contributed by atoms with E-state index in [1.54, 1.807) is 0 Å². The Morgan fingerprint density at radius 1 is 1.15 bits per heavy atom. The lowest BCUT2D eigenvalue weighted by Gasteiger charge is -2.26. The second kappa shape index (κ2) is 7.50. The summed E-state index contributed by atoms with van der Waals surface area (Å²) in [6.45, 7) is 3.77. The highest BCUT2D eigenvalue weighted by atomic mass is 19.1. The maximum atomic E-state index is 14.7. The zero-order valence-electron chi connectivity index (χ0n) is 15.1. The van der Waals surface area contributed by atoms with Gasteiger partial charge in [-0.3, -0.25) is 0 Å². The summed E-state index contributed by atoms with van der Waals surface area (Å²) in [6.07, 6.45) is 3.14. The summed E-state index contributed by atoms with van der Waals surface area (Å²) in [6, 6.07) is 14.1. The van der Waals surface area contributed by atoms with E-state index in [4.69, 9.17) is 4.74 Å². The molecule has 0 spiro atoms. The quantitative estimate of drug-likeness (QED) is 0.651. The summed E-state index contributed by atoms with van der Waals surface area (Å²) < 4.78 is 20.5. The summed E-state index contributed by atoms with van der Waals surface area (Å²) in [7, 11) is 0. The van der Waals surface area contributed by atoms with Crippen LogP contribution in [0.1, 0.15) is 26.2 Å². The van der Waals surface area contributed by atoms with Gasteiger partial charge in [-0.1, -0.05) is 31.5 Å². The lowest BCUT2D eigenvalue weighted by Crippen LogP contribution is -2.31. The highest BCUT2D eigenvalue weighted by Crippen LogP contribution is 2.30. The number of hydrogen-bond donors (Lipinski definition) is 2. The zero-order chi connectivity index (χ0) is 17.9. The second-order valence-electron chi connectivity index (χ2n) is 7.05. The van der Waals surface area contributed by atoms with Gasteiger partial charge >= 0.3 is 0 Å². The third-order valence-electron chi connectivity index (χ3n) is 5.31. The van der Waals surface area contributed by atoms with Crippen molar-refractivity contribution in [1.29, 1.82) is 0 Å². The van der Waals surface area contributed by atoms with Crippen molar-refractivity contribution in [3.8, 4) is 5.75 Å². The number of piperidine rings is 1. The minimum Gasteiger partial charge on any atom is -0.486 e. The number of aromatic nitrogens is 1. The monoisotopic (exact) mass is 352 g/mol. The van der Waals surface area contributed by atoms with Gasteiger partial charge in [-0.15, -0.1) is 0 Å². The number of para-hydroxylation sites is 1. The van der Waals surface area contributed by atoms with Gasteiger partial charge < -0.3 is 15.0 Å². The van der Waals surface area contributed by atoms with Crippen LogP contribution in [0.15, 0.2) is 53.9 Å². The van der Waals surface area contributed by atoms with Gasteiger partial charge in [0.25, 0.3) is 0 Å². The summed E-state index contributed by atoms with van der Waals surface area (Å²) in [5.41, 5.74) is 3.01. The van der Waals surface area contributed by atoms with Crippen LogP contribution in [0.5, 0.6) is 5.75 Å². The molecule has 4 rings (SSSR count). The number of benzene rings is 2. The summed E-state index contributed by atoms with van der Waals surface area (Å²) in [5, 5.41) is 5.63. The molecule has 0 amide bonds. The molecule has 136 valence electrons. The Morgan fingerprint density at radius 3 is 2.88 bits per heavy atom. The smallest absolute Gasteiger partial charge is 0.140 e. The topological polar surface area (TPSA) is 37.0 Å². The van der Waals surface area contributed by atoms with Crippen molar-refractivity contribution in [3.05, 3.63) is 53.9 Å². The van der Waals surface area contributed by atoms with Crippen LogP contribution >= 0.6 is 0 Å². The lowest BCUT2D eigenvalue weighted by molar-refractivity contribution is 0.306. The molecule has 1 saturated heterocycles. The fraction of sp³-hybridized carbons (Fsp3) is 0.364. The fourth-order valence-corrected chi connectivity index (χ4v) is 3.97.